The van der Waals surface area contributed by atoms with Gasteiger partial charge in [-0.25, -0.2) is 4.98 Å². The minimum absolute atomic E-state index is 0.241. The molecular weight excluding hydrogens is 292 g/mol. The van der Waals surface area contributed by atoms with Gasteiger partial charge in [0.15, 0.2) is 11.5 Å². The molecule has 1 aromatic heterocycles. The van der Waals surface area contributed by atoms with Gasteiger partial charge < -0.3 is 14.1 Å². The zero-order chi connectivity index (χ0) is 15.8. The number of methoxy groups -OCH3 is 1. The summed E-state index contributed by atoms with van der Waals surface area (Å²) in [7, 11) is 1.67. The van der Waals surface area contributed by atoms with E-state index in [0.717, 1.165) is 30.0 Å². The van der Waals surface area contributed by atoms with Crippen LogP contribution in [0.1, 0.15) is 36.6 Å². The maximum atomic E-state index is 12.0. The molecule has 0 spiro atoms. The van der Waals surface area contributed by atoms with E-state index in [-0.39, 0.29) is 5.91 Å². The molecule has 1 saturated carbocycles. The fourth-order valence-corrected chi connectivity index (χ4v) is 3.36. The number of rotatable bonds is 6. The number of oxazole rings is 1. The highest BCUT2D eigenvalue weighted by Crippen LogP contribution is 2.40. The average molecular weight is 314 g/mol. The van der Waals surface area contributed by atoms with Gasteiger partial charge in [-0.15, -0.1) is 0 Å². The first-order valence-corrected chi connectivity index (χ1v) is 8.39. The van der Waals surface area contributed by atoms with Crippen molar-refractivity contribution in [2.24, 2.45) is 5.92 Å². The molecule has 1 amide bonds. The Kier molecular flexibility index (Phi) is 3.81. The van der Waals surface area contributed by atoms with Crippen LogP contribution in [0.4, 0.5) is 0 Å². The Bertz CT molecular complexity index is 720. The predicted octanol–water partition coefficient (Wildman–Crippen LogP) is 2.74. The van der Waals surface area contributed by atoms with Gasteiger partial charge >= 0.3 is 0 Å². The molecule has 1 atom stereocenters. The second-order valence-corrected chi connectivity index (χ2v) is 6.74. The van der Waals surface area contributed by atoms with Gasteiger partial charge in [-0.3, -0.25) is 4.79 Å². The van der Waals surface area contributed by atoms with Crippen molar-refractivity contribution in [3.8, 4) is 0 Å². The lowest BCUT2D eigenvalue weighted by molar-refractivity contribution is -0.128. The number of ether oxygens (including phenoxy) is 1. The first-order valence-electron chi connectivity index (χ1n) is 8.39. The maximum absolute atomic E-state index is 12.0. The van der Waals surface area contributed by atoms with E-state index in [9.17, 15) is 4.79 Å². The lowest BCUT2D eigenvalue weighted by atomic mass is 9.98. The molecule has 0 unspecified atom stereocenters. The minimum Gasteiger partial charge on any atom is -0.440 e. The first kappa shape index (κ1) is 14.7. The van der Waals surface area contributed by atoms with Crippen molar-refractivity contribution in [1.29, 1.82) is 0 Å². The normalized spacial score (nSPS) is 21.5. The Morgan fingerprint density at radius 2 is 2.26 bits per heavy atom. The number of carbonyl (C=O) groups excluding carboxylic acids is 1. The Labute approximate surface area is 135 Å². The standard InChI is InChI=1S/C18H22N2O3/c1-22-7-6-20-11-13(10-17(20)21)8-12-2-5-16-15(9-12)19-18(23-16)14-3-4-14/h2,5,9,13-14H,3-4,6-8,10-11H2,1H3/t13-/m1/s1. The molecule has 1 aliphatic carbocycles. The molecule has 0 bridgehead atoms. The third-order valence-electron chi connectivity index (χ3n) is 4.78. The molecule has 0 N–H and O–H groups in total. The zero-order valence-electron chi connectivity index (χ0n) is 13.5. The van der Waals surface area contributed by atoms with Crippen LogP contribution in [0.5, 0.6) is 0 Å². The lowest BCUT2D eigenvalue weighted by Crippen LogP contribution is -2.28. The van der Waals surface area contributed by atoms with E-state index >= 15 is 0 Å². The number of amides is 1. The fraction of sp³-hybridized carbons (Fsp3) is 0.556. The van der Waals surface area contributed by atoms with E-state index in [1.165, 1.54) is 18.4 Å². The predicted molar refractivity (Wildman–Crippen MR) is 86.3 cm³/mol. The molecule has 2 aliphatic rings. The maximum Gasteiger partial charge on any atom is 0.223 e. The van der Waals surface area contributed by atoms with E-state index < -0.39 is 0 Å². The SMILES string of the molecule is COCCN1C[C@H](Cc2ccc3oc(C4CC4)nc3c2)CC1=O. The van der Waals surface area contributed by atoms with E-state index in [2.05, 4.69) is 17.1 Å². The van der Waals surface area contributed by atoms with Crippen molar-refractivity contribution >= 4 is 17.0 Å². The van der Waals surface area contributed by atoms with Gasteiger partial charge in [0, 0.05) is 32.5 Å². The van der Waals surface area contributed by atoms with E-state index in [1.54, 1.807) is 7.11 Å². The summed E-state index contributed by atoms with van der Waals surface area (Å²) in [6, 6.07) is 6.24. The molecule has 122 valence electrons. The number of nitrogens with zero attached hydrogens (tertiary/aromatic N) is 2. The van der Waals surface area contributed by atoms with Crippen molar-refractivity contribution < 1.29 is 13.9 Å². The van der Waals surface area contributed by atoms with Gasteiger partial charge in [0.05, 0.1) is 6.61 Å². The molecule has 4 rings (SSSR count). The second kappa shape index (κ2) is 5.96. The van der Waals surface area contributed by atoms with Crippen LogP contribution in [0.2, 0.25) is 0 Å². The topological polar surface area (TPSA) is 55.6 Å². The highest BCUT2D eigenvalue weighted by Gasteiger charge is 2.30. The summed E-state index contributed by atoms with van der Waals surface area (Å²) in [6.07, 6.45) is 3.94. The number of fused-ring (bicyclic) bond motifs is 1. The Balaban J connectivity index is 1.44. The largest absolute Gasteiger partial charge is 0.440 e. The fourth-order valence-electron chi connectivity index (χ4n) is 3.36. The van der Waals surface area contributed by atoms with Crippen molar-refractivity contribution in [2.75, 3.05) is 26.8 Å². The van der Waals surface area contributed by atoms with Crippen molar-refractivity contribution in [1.82, 2.24) is 9.88 Å². The molecule has 5 heteroatoms. The molecule has 2 heterocycles. The number of aromatic nitrogens is 1. The zero-order valence-corrected chi connectivity index (χ0v) is 13.5. The van der Waals surface area contributed by atoms with Crippen LogP contribution in [0.25, 0.3) is 11.1 Å². The first-order chi connectivity index (χ1) is 11.2. The third-order valence-corrected chi connectivity index (χ3v) is 4.78. The van der Waals surface area contributed by atoms with Crippen LogP contribution in [-0.4, -0.2) is 42.6 Å². The van der Waals surface area contributed by atoms with Crippen molar-refractivity contribution in [3.63, 3.8) is 0 Å². The van der Waals surface area contributed by atoms with Crippen LogP contribution >= 0.6 is 0 Å². The molecular formula is C18H22N2O3. The molecule has 1 saturated heterocycles. The monoisotopic (exact) mass is 314 g/mol. The van der Waals surface area contributed by atoms with E-state index in [1.807, 2.05) is 11.0 Å². The molecule has 2 aromatic rings. The van der Waals surface area contributed by atoms with Crippen LogP contribution in [0.3, 0.4) is 0 Å². The Morgan fingerprint density at radius 1 is 1.39 bits per heavy atom. The number of hydrogen-bond donors (Lipinski definition) is 0. The average Bonchev–Trinajstić information content (AvgIpc) is 3.21. The van der Waals surface area contributed by atoms with Crippen LogP contribution < -0.4 is 0 Å². The molecule has 23 heavy (non-hydrogen) atoms. The quantitative estimate of drug-likeness (QED) is 0.822. The van der Waals surface area contributed by atoms with E-state index in [0.29, 0.717) is 31.4 Å². The summed E-state index contributed by atoms with van der Waals surface area (Å²) in [4.78, 5) is 18.6. The summed E-state index contributed by atoms with van der Waals surface area (Å²) in [6.45, 7) is 2.12. The number of carbonyl (C=O) groups is 1. The van der Waals surface area contributed by atoms with Crippen LogP contribution in [0.15, 0.2) is 22.6 Å². The Hall–Kier alpha value is -1.88. The van der Waals surface area contributed by atoms with E-state index in [4.69, 9.17) is 9.15 Å². The van der Waals surface area contributed by atoms with Crippen LogP contribution in [-0.2, 0) is 16.0 Å². The smallest absolute Gasteiger partial charge is 0.223 e. The summed E-state index contributed by atoms with van der Waals surface area (Å²) in [5, 5.41) is 0. The molecule has 1 aliphatic heterocycles. The summed E-state index contributed by atoms with van der Waals surface area (Å²) >= 11 is 0. The Morgan fingerprint density at radius 3 is 3.04 bits per heavy atom. The summed E-state index contributed by atoms with van der Waals surface area (Å²) in [5.74, 6) is 2.05. The second-order valence-electron chi connectivity index (χ2n) is 6.74. The minimum atomic E-state index is 0.241. The highest BCUT2D eigenvalue weighted by atomic mass is 16.5. The van der Waals surface area contributed by atoms with Crippen LogP contribution in [0, 0.1) is 5.92 Å². The number of benzene rings is 1. The van der Waals surface area contributed by atoms with Gasteiger partial charge in [-0.1, -0.05) is 6.07 Å². The summed E-state index contributed by atoms with van der Waals surface area (Å²) < 4.78 is 10.9. The molecule has 2 fully saturated rings. The van der Waals surface area contributed by atoms with Gasteiger partial charge in [-0.05, 0) is 42.9 Å². The van der Waals surface area contributed by atoms with Gasteiger partial charge in [-0.2, -0.15) is 0 Å². The summed E-state index contributed by atoms with van der Waals surface area (Å²) in [5.41, 5.74) is 3.06. The van der Waals surface area contributed by atoms with Gasteiger partial charge in [0.25, 0.3) is 0 Å². The molecule has 1 aromatic carbocycles. The number of hydrogen-bond acceptors (Lipinski definition) is 4. The molecule has 5 nitrogen and oxygen atoms in total. The van der Waals surface area contributed by atoms with Crippen molar-refractivity contribution in [2.45, 2.75) is 31.6 Å². The van der Waals surface area contributed by atoms with Gasteiger partial charge in [0.2, 0.25) is 5.91 Å². The van der Waals surface area contributed by atoms with Crippen molar-refractivity contribution in [3.05, 3.63) is 29.7 Å². The molecule has 0 radical (unpaired) electrons. The lowest BCUT2D eigenvalue weighted by Gasteiger charge is -2.15. The third kappa shape index (κ3) is 3.11. The highest BCUT2D eigenvalue weighted by molar-refractivity contribution is 5.79. The van der Waals surface area contributed by atoms with Gasteiger partial charge in [0.1, 0.15) is 5.52 Å². The number of likely N-dealkylation sites (tertiary alicyclic amines) is 1.